The molecule has 0 saturated heterocycles. The van der Waals surface area contributed by atoms with Gasteiger partial charge in [0, 0.05) is 6.42 Å². The Morgan fingerprint density at radius 2 is 2.00 bits per heavy atom. The van der Waals surface area contributed by atoms with Crippen molar-refractivity contribution in [2.75, 3.05) is 0 Å². The number of rotatable bonds is 6. The van der Waals surface area contributed by atoms with E-state index in [2.05, 4.69) is 25.1 Å². The highest BCUT2D eigenvalue weighted by molar-refractivity contribution is 7.99. The topological polar surface area (TPSA) is 110 Å². The summed E-state index contributed by atoms with van der Waals surface area (Å²) in [7, 11) is 0. The van der Waals surface area contributed by atoms with Crippen LogP contribution in [-0.2, 0) is 6.42 Å². The molecule has 116 valence electrons. The second-order valence-corrected chi connectivity index (χ2v) is 6.27. The van der Waals surface area contributed by atoms with Gasteiger partial charge in [0.2, 0.25) is 5.16 Å². The average Bonchev–Trinajstić information content (AvgIpc) is 3.17. The van der Waals surface area contributed by atoms with Crippen LogP contribution < -0.4 is 0 Å². The second-order valence-electron chi connectivity index (χ2n) is 5.34. The molecule has 2 heterocycles. The number of nitro groups is 1. The molecule has 9 heteroatoms. The zero-order chi connectivity index (χ0) is 15.4. The van der Waals surface area contributed by atoms with Crippen molar-refractivity contribution in [2.45, 2.75) is 48.8 Å². The molecule has 0 atom stereocenters. The number of nitrogens with one attached hydrogen (secondary N) is 1. The fourth-order valence-electron chi connectivity index (χ4n) is 2.61. The van der Waals surface area contributed by atoms with E-state index in [9.17, 15) is 10.1 Å². The smallest absolute Gasteiger partial charge is 0.262 e. The number of aryl methyl sites for hydroxylation is 1. The van der Waals surface area contributed by atoms with E-state index in [-0.39, 0.29) is 5.69 Å². The maximum absolute atomic E-state index is 10.5. The average molecular weight is 320 g/mol. The first-order valence-corrected chi connectivity index (χ1v) is 8.08. The van der Waals surface area contributed by atoms with E-state index in [1.54, 1.807) is 0 Å². The van der Waals surface area contributed by atoms with Crippen LogP contribution in [0.5, 0.6) is 0 Å². The van der Waals surface area contributed by atoms with Crippen molar-refractivity contribution in [2.24, 2.45) is 5.92 Å². The molecule has 1 aliphatic carbocycles. The minimum absolute atomic E-state index is 0.128. The molecular weight excluding hydrogens is 304 g/mol. The molecule has 8 nitrogen and oxygen atoms in total. The van der Waals surface area contributed by atoms with Gasteiger partial charge >= 0.3 is 5.69 Å². The molecule has 2 aromatic rings. The van der Waals surface area contributed by atoms with Crippen molar-refractivity contribution in [3.05, 3.63) is 28.3 Å². The summed E-state index contributed by atoms with van der Waals surface area (Å²) in [6, 6.07) is 0. The van der Waals surface area contributed by atoms with Crippen LogP contribution in [0.2, 0.25) is 0 Å². The van der Waals surface area contributed by atoms with E-state index in [0.717, 1.165) is 24.6 Å². The number of hydrogen-bond donors (Lipinski definition) is 1. The zero-order valence-electron chi connectivity index (χ0n) is 11.9. The summed E-state index contributed by atoms with van der Waals surface area (Å²) < 4.78 is 0. The van der Waals surface area contributed by atoms with Crippen molar-refractivity contribution < 1.29 is 4.92 Å². The molecular formula is C13H16N6O2S. The van der Waals surface area contributed by atoms with Crippen molar-refractivity contribution >= 4 is 17.4 Å². The van der Waals surface area contributed by atoms with E-state index < -0.39 is 4.92 Å². The van der Waals surface area contributed by atoms with Gasteiger partial charge < -0.3 is 0 Å². The second kappa shape index (κ2) is 6.82. The number of H-pyrrole nitrogens is 1. The van der Waals surface area contributed by atoms with Gasteiger partial charge in [-0.3, -0.25) is 15.2 Å². The molecule has 0 aliphatic heterocycles. The summed E-state index contributed by atoms with van der Waals surface area (Å²) in [5, 5.41) is 18.5. The van der Waals surface area contributed by atoms with Gasteiger partial charge in [0.25, 0.3) is 0 Å². The highest BCUT2D eigenvalue weighted by Crippen LogP contribution is 2.28. The fourth-order valence-corrected chi connectivity index (χ4v) is 3.23. The lowest BCUT2D eigenvalue weighted by molar-refractivity contribution is -0.385. The van der Waals surface area contributed by atoms with Gasteiger partial charge in [-0.25, -0.2) is 15.0 Å². The summed E-state index contributed by atoms with van der Waals surface area (Å²) in [5.41, 5.74) is -0.128. The SMILES string of the molecule is O=[N+]([O-])c1cnc(Sc2n[nH]c(CCC3CCCC3)n2)nc1. The van der Waals surface area contributed by atoms with Crippen LogP contribution >= 0.6 is 11.8 Å². The third kappa shape index (κ3) is 3.79. The van der Waals surface area contributed by atoms with Crippen LogP contribution in [0, 0.1) is 16.0 Å². The lowest BCUT2D eigenvalue weighted by Gasteiger charge is -2.05. The van der Waals surface area contributed by atoms with E-state index in [1.807, 2.05) is 0 Å². The Morgan fingerprint density at radius 3 is 2.68 bits per heavy atom. The standard InChI is InChI=1S/C13H16N6O2S/c20-19(21)10-7-14-12(15-8-10)22-13-16-11(17-18-13)6-5-9-3-1-2-4-9/h7-9H,1-6H2,(H,16,17,18). The number of nitrogens with zero attached hydrogens (tertiary/aromatic N) is 5. The van der Waals surface area contributed by atoms with Crippen LogP contribution in [-0.4, -0.2) is 30.1 Å². The molecule has 22 heavy (non-hydrogen) atoms. The molecule has 1 saturated carbocycles. The first-order chi connectivity index (χ1) is 10.7. The van der Waals surface area contributed by atoms with Crippen LogP contribution in [0.3, 0.4) is 0 Å². The highest BCUT2D eigenvalue weighted by atomic mass is 32.2. The van der Waals surface area contributed by atoms with Crippen molar-refractivity contribution in [1.29, 1.82) is 0 Å². The van der Waals surface area contributed by atoms with Gasteiger partial charge in [-0.05, 0) is 24.1 Å². The molecule has 3 rings (SSSR count). The zero-order valence-corrected chi connectivity index (χ0v) is 12.8. The van der Waals surface area contributed by atoms with E-state index in [0.29, 0.717) is 10.3 Å². The lowest BCUT2D eigenvalue weighted by atomic mass is 10.0. The molecule has 0 aromatic carbocycles. The Morgan fingerprint density at radius 1 is 1.27 bits per heavy atom. The monoisotopic (exact) mass is 320 g/mol. The fraction of sp³-hybridized carbons (Fsp3) is 0.538. The summed E-state index contributed by atoms with van der Waals surface area (Å²) in [6.07, 6.45) is 9.76. The summed E-state index contributed by atoms with van der Waals surface area (Å²) >= 11 is 1.19. The maximum Gasteiger partial charge on any atom is 0.305 e. The van der Waals surface area contributed by atoms with Crippen LogP contribution in [0.25, 0.3) is 0 Å². The lowest BCUT2D eigenvalue weighted by Crippen LogP contribution is -1.97. The summed E-state index contributed by atoms with van der Waals surface area (Å²) in [5.74, 6) is 1.69. The Bertz CT molecular complexity index is 638. The quantitative estimate of drug-likeness (QED) is 0.495. The van der Waals surface area contributed by atoms with Crippen LogP contribution in [0.15, 0.2) is 22.7 Å². The highest BCUT2D eigenvalue weighted by Gasteiger charge is 2.16. The molecule has 1 N–H and O–H groups in total. The predicted molar refractivity (Wildman–Crippen MR) is 79.5 cm³/mol. The molecule has 1 aliphatic rings. The van der Waals surface area contributed by atoms with E-state index in [4.69, 9.17) is 0 Å². The van der Waals surface area contributed by atoms with Gasteiger partial charge in [0.15, 0.2) is 5.16 Å². The van der Waals surface area contributed by atoms with Gasteiger partial charge in [0.05, 0.1) is 4.92 Å². The first-order valence-electron chi connectivity index (χ1n) is 7.26. The first kappa shape index (κ1) is 14.9. The Labute approximate surface area is 131 Å². The Kier molecular flexibility index (Phi) is 4.62. The molecule has 2 aromatic heterocycles. The van der Waals surface area contributed by atoms with Crippen LogP contribution in [0.4, 0.5) is 5.69 Å². The van der Waals surface area contributed by atoms with Gasteiger partial charge in [-0.1, -0.05) is 25.7 Å². The Balaban J connectivity index is 1.55. The summed E-state index contributed by atoms with van der Waals surface area (Å²) in [6.45, 7) is 0. The number of hydrogen-bond acceptors (Lipinski definition) is 7. The normalized spacial score (nSPS) is 15.3. The van der Waals surface area contributed by atoms with Crippen molar-refractivity contribution in [1.82, 2.24) is 25.1 Å². The summed E-state index contributed by atoms with van der Waals surface area (Å²) in [4.78, 5) is 22.3. The molecule has 1 fully saturated rings. The van der Waals surface area contributed by atoms with Gasteiger partial charge in [-0.15, -0.1) is 5.10 Å². The molecule has 0 bridgehead atoms. The minimum atomic E-state index is -0.525. The van der Waals surface area contributed by atoms with E-state index in [1.165, 1.54) is 49.8 Å². The largest absolute Gasteiger partial charge is 0.305 e. The minimum Gasteiger partial charge on any atom is -0.262 e. The third-order valence-electron chi connectivity index (χ3n) is 3.78. The third-order valence-corrected chi connectivity index (χ3v) is 4.54. The predicted octanol–water partition coefficient (Wildman–Crippen LogP) is 2.78. The molecule has 0 radical (unpaired) electrons. The van der Waals surface area contributed by atoms with Gasteiger partial charge in [-0.2, -0.15) is 0 Å². The van der Waals surface area contributed by atoms with E-state index >= 15 is 0 Å². The number of aromatic nitrogens is 5. The van der Waals surface area contributed by atoms with Crippen molar-refractivity contribution in [3.8, 4) is 0 Å². The molecule has 0 amide bonds. The maximum atomic E-state index is 10.5. The van der Waals surface area contributed by atoms with Crippen LogP contribution in [0.1, 0.15) is 37.9 Å². The molecule has 0 spiro atoms. The van der Waals surface area contributed by atoms with Gasteiger partial charge in [0.1, 0.15) is 18.2 Å². The molecule has 0 unspecified atom stereocenters. The van der Waals surface area contributed by atoms with Crippen molar-refractivity contribution in [3.63, 3.8) is 0 Å². The number of aromatic amines is 1. The Hall–Kier alpha value is -2.03.